The molecule has 1 fully saturated rings. The summed E-state index contributed by atoms with van der Waals surface area (Å²) in [5.41, 5.74) is 3.88. The Balaban J connectivity index is 1.46. The standard InChI is InChI=1S/C23H23N5O/c1-25-13-15-26(16-14-25)23(29)21-11-12-28(24-21)22-10-9-20-8-7-19(17-27(20)22)18-5-3-2-4-6-18/h2-12,17H,13-16H2,1H3. The van der Waals surface area contributed by atoms with Gasteiger partial charge in [-0.1, -0.05) is 36.4 Å². The summed E-state index contributed by atoms with van der Waals surface area (Å²) >= 11 is 0. The zero-order valence-electron chi connectivity index (χ0n) is 16.4. The number of amides is 1. The van der Waals surface area contributed by atoms with Crippen LogP contribution in [-0.4, -0.2) is 63.1 Å². The molecule has 6 nitrogen and oxygen atoms in total. The molecular formula is C23H23N5O. The highest BCUT2D eigenvalue weighted by atomic mass is 16.2. The molecule has 1 aliphatic heterocycles. The lowest BCUT2D eigenvalue weighted by Crippen LogP contribution is -2.47. The SMILES string of the molecule is CN1CCN(C(=O)c2ccn(-c3ccc4ccc(-c5ccccc5)cn34)n2)CC1. The maximum Gasteiger partial charge on any atom is 0.274 e. The number of carbonyl (C=O) groups is 1. The Kier molecular flexibility index (Phi) is 4.41. The molecule has 5 rings (SSSR count). The second-order valence-electron chi connectivity index (χ2n) is 7.51. The van der Waals surface area contributed by atoms with Crippen LogP contribution in [0.2, 0.25) is 0 Å². The molecule has 0 unspecified atom stereocenters. The van der Waals surface area contributed by atoms with Gasteiger partial charge in [0.15, 0.2) is 5.69 Å². The van der Waals surface area contributed by atoms with E-state index in [1.165, 1.54) is 5.56 Å². The largest absolute Gasteiger partial charge is 0.335 e. The van der Waals surface area contributed by atoms with Crippen LogP contribution in [-0.2, 0) is 0 Å². The Hall–Kier alpha value is -3.38. The average Bonchev–Trinajstić information content (AvgIpc) is 3.41. The van der Waals surface area contributed by atoms with Gasteiger partial charge in [0.25, 0.3) is 5.91 Å². The first-order valence-corrected chi connectivity index (χ1v) is 9.89. The topological polar surface area (TPSA) is 45.8 Å². The zero-order valence-corrected chi connectivity index (χ0v) is 16.4. The number of carbonyl (C=O) groups excluding carboxylic acids is 1. The van der Waals surface area contributed by atoms with E-state index in [-0.39, 0.29) is 5.91 Å². The summed E-state index contributed by atoms with van der Waals surface area (Å²) in [4.78, 5) is 16.9. The third-order valence-corrected chi connectivity index (χ3v) is 5.57. The fourth-order valence-corrected chi connectivity index (χ4v) is 3.81. The predicted octanol–water partition coefficient (Wildman–Crippen LogP) is 3.18. The van der Waals surface area contributed by atoms with Gasteiger partial charge in [-0.25, -0.2) is 4.68 Å². The van der Waals surface area contributed by atoms with E-state index in [9.17, 15) is 4.79 Å². The lowest BCUT2D eigenvalue weighted by Gasteiger charge is -2.31. The number of benzene rings is 1. The second kappa shape index (κ2) is 7.22. The molecule has 146 valence electrons. The number of likely N-dealkylation sites (N-methyl/N-ethyl adjacent to an activating group) is 1. The number of hydrogen-bond acceptors (Lipinski definition) is 3. The van der Waals surface area contributed by atoms with Crippen molar-refractivity contribution in [3.05, 3.63) is 78.8 Å². The van der Waals surface area contributed by atoms with Crippen LogP contribution < -0.4 is 0 Å². The lowest BCUT2D eigenvalue weighted by molar-refractivity contribution is 0.0657. The minimum absolute atomic E-state index is 0.00249. The highest BCUT2D eigenvalue weighted by Gasteiger charge is 2.22. The number of nitrogens with zero attached hydrogens (tertiary/aromatic N) is 5. The van der Waals surface area contributed by atoms with Crippen molar-refractivity contribution in [2.24, 2.45) is 0 Å². The molecule has 29 heavy (non-hydrogen) atoms. The maximum atomic E-state index is 12.8. The number of aromatic nitrogens is 3. The fourth-order valence-electron chi connectivity index (χ4n) is 3.81. The minimum Gasteiger partial charge on any atom is -0.335 e. The molecule has 0 N–H and O–H groups in total. The van der Waals surface area contributed by atoms with Crippen molar-refractivity contribution in [2.45, 2.75) is 0 Å². The zero-order chi connectivity index (χ0) is 19.8. The van der Waals surface area contributed by atoms with E-state index in [1.807, 2.05) is 35.4 Å². The Labute approximate surface area is 169 Å². The van der Waals surface area contributed by atoms with E-state index in [0.717, 1.165) is 43.1 Å². The molecule has 0 saturated carbocycles. The van der Waals surface area contributed by atoms with Crippen molar-refractivity contribution in [1.29, 1.82) is 0 Å². The van der Waals surface area contributed by atoms with Gasteiger partial charge in [-0.05, 0) is 42.4 Å². The van der Waals surface area contributed by atoms with Crippen LogP contribution in [0, 0.1) is 0 Å². The minimum atomic E-state index is 0.00249. The third-order valence-electron chi connectivity index (χ3n) is 5.57. The molecule has 6 heteroatoms. The van der Waals surface area contributed by atoms with Crippen molar-refractivity contribution >= 4 is 11.4 Å². The van der Waals surface area contributed by atoms with E-state index < -0.39 is 0 Å². The molecular weight excluding hydrogens is 362 g/mol. The molecule has 1 saturated heterocycles. The van der Waals surface area contributed by atoms with Gasteiger partial charge in [-0.15, -0.1) is 0 Å². The van der Waals surface area contributed by atoms with Gasteiger partial charge < -0.3 is 14.2 Å². The molecule has 1 amide bonds. The van der Waals surface area contributed by atoms with Crippen LogP contribution in [0.4, 0.5) is 0 Å². The number of hydrogen-bond donors (Lipinski definition) is 0. The smallest absolute Gasteiger partial charge is 0.274 e. The molecule has 4 aromatic rings. The Morgan fingerprint density at radius 1 is 0.862 bits per heavy atom. The number of rotatable bonds is 3. The fraction of sp³-hybridized carbons (Fsp3) is 0.217. The molecule has 0 spiro atoms. The van der Waals surface area contributed by atoms with Crippen LogP contribution >= 0.6 is 0 Å². The van der Waals surface area contributed by atoms with Crippen molar-refractivity contribution in [1.82, 2.24) is 24.0 Å². The lowest BCUT2D eigenvalue weighted by atomic mass is 10.1. The highest BCUT2D eigenvalue weighted by Crippen LogP contribution is 2.23. The third kappa shape index (κ3) is 3.32. The Morgan fingerprint density at radius 2 is 1.62 bits per heavy atom. The van der Waals surface area contributed by atoms with Crippen molar-refractivity contribution < 1.29 is 4.79 Å². The van der Waals surface area contributed by atoms with E-state index >= 15 is 0 Å². The van der Waals surface area contributed by atoms with Crippen molar-refractivity contribution in [2.75, 3.05) is 33.2 Å². The van der Waals surface area contributed by atoms with Crippen LogP contribution in [0.3, 0.4) is 0 Å². The summed E-state index contributed by atoms with van der Waals surface area (Å²) in [5.74, 6) is 0.915. The first kappa shape index (κ1) is 17.7. The molecule has 1 aliphatic rings. The number of fused-ring (bicyclic) bond motifs is 1. The summed E-state index contributed by atoms with van der Waals surface area (Å²) in [6.45, 7) is 3.30. The molecule has 0 atom stereocenters. The van der Waals surface area contributed by atoms with Gasteiger partial charge in [0.2, 0.25) is 0 Å². The van der Waals surface area contributed by atoms with E-state index in [2.05, 4.69) is 58.0 Å². The Bertz CT molecular complexity index is 1150. The van der Waals surface area contributed by atoms with Gasteiger partial charge in [0.05, 0.1) is 0 Å². The van der Waals surface area contributed by atoms with Gasteiger partial charge in [-0.2, -0.15) is 5.10 Å². The summed E-state index contributed by atoms with van der Waals surface area (Å²) in [6, 6.07) is 20.4. The van der Waals surface area contributed by atoms with Crippen LogP contribution in [0.5, 0.6) is 0 Å². The maximum absolute atomic E-state index is 12.8. The van der Waals surface area contributed by atoms with E-state index in [1.54, 1.807) is 10.7 Å². The van der Waals surface area contributed by atoms with E-state index in [0.29, 0.717) is 5.69 Å². The van der Waals surface area contributed by atoms with Crippen molar-refractivity contribution in [3.63, 3.8) is 0 Å². The van der Waals surface area contributed by atoms with Crippen LogP contribution in [0.1, 0.15) is 10.5 Å². The molecule has 3 aromatic heterocycles. The quantitative estimate of drug-likeness (QED) is 0.544. The monoisotopic (exact) mass is 385 g/mol. The Morgan fingerprint density at radius 3 is 2.41 bits per heavy atom. The number of pyridine rings is 1. The first-order chi connectivity index (χ1) is 14.2. The van der Waals surface area contributed by atoms with Crippen LogP contribution in [0.15, 0.2) is 73.1 Å². The second-order valence-corrected chi connectivity index (χ2v) is 7.51. The highest BCUT2D eigenvalue weighted by molar-refractivity contribution is 5.92. The molecule has 4 heterocycles. The van der Waals surface area contributed by atoms with Gasteiger partial charge in [0.1, 0.15) is 5.82 Å². The average molecular weight is 385 g/mol. The summed E-state index contributed by atoms with van der Waals surface area (Å²) < 4.78 is 3.89. The van der Waals surface area contributed by atoms with Gasteiger partial charge >= 0.3 is 0 Å². The molecule has 0 aliphatic carbocycles. The normalized spacial score (nSPS) is 15.1. The number of piperazine rings is 1. The van der Waals surface area contributed by atoms with Crippen LogP contribution in [0.25, 0.3) is 22.5 Å². The van der Waals surface area contributed by atoms with Gasteiger partial charge in [-0.3, -0.25) is 4.79 Å². The molecule has 0 bridgehead atoms. The van der Waals surface area contributed by atoms with Crippen molar-refractivity contribution in [3.8, 4) is 16.9 Å². The molecule has 0 radical (unpaired) electrons. The summed E-state index contributed by atoms with van der Waals surface area (Å²) in [5, 5.41) is 4.59. The molecule has 1 aromatic carbocycles. The first-order valence-electron chi connectivity index (χ1n) is 9.89. The predicted molar refractivity (Wildman–Crippen MR) is 113 cm³/mol. The summed E-state index contributed by atoms with van der Waals surface area (Å²) in [7, 11) is 2.08. The summed E-state index contributed by atoms with van der Waals surface area (Å²) in [6.07, 6.45) is 3.98. The van der Waals surface area contributed by atoms with Gasteiger partial charge in [0, 0.05) is 44.1 Å². The van der Waals surface area contributed by atoms with E-state index in [4.69, 9.17) is 0 Å².